The third-order valence-corrected chi connectivity index (χ3v) is 3.12. The first kappa shape index (κ1) is 17.3. The number of nitrogens with one attached hydrogen (secondary N) is 2. The molecule has 1 heterocycles. The monoisotopic (exact) mass is 330 g/mol. The van der Waals surface area contributed by atoms with Gasteiger partial charge in [-0.15, -0.1) is 0 Å². The second-order valence-electron chi connectivity index (χ2n) is 4.98. The molecule has 2 amide bonds. The number of rotatable bonds is 7. The van der Waals surface area contributed by atoms with Gasteiger partial charge >= 0.3 is 5.97 Å². The fraction of sp³-hybridized carbons (Fsp3) is 0.235. The van der Waals surface area contributed by atoms with Crippen LogP contribution in [0.15, 0.2) is 53.1 Å². The lowest BCUT2D eigenvalue weighted by Gasteiger charge is -2.13. The Morgan fingerprint density at radius 3 is 2.50 bits per heavy atom. The molecule has 0 spiro atoms. The van der Waals surface area contributed by atoms with Crippen LogP contribution in [0.1, 0.15) is 23.0 Å². The Kier molecular flexibility index (Phi) is 6.13. The number of benzene rings is 1. The van der Waals surface area contributed by atoms with Crippen molar-refractivity contribution in [2.45, 2.75) is 19.6 Å². The summed E-state index contributed by atoms with van der Waals surface area (Å²) in [7, 11) is 0. The van der Waals surface area contributed by atoms with Crippen LogP contribution in [-0.2, 0) is 20.9 Å². The van der Waals surface area contributed by atoms with Crippen LogP contribution in [0.2, 0.25) is 0 Å². The minimum atomic E-state index is -0.971. The number of carbonyl (C=O) groups is 3. The van der Waals surface area contributed by atoms with E-state index < -0.39 is 18.0 Å². The zero-order valence-corrected chi connectivity index (χ0v) is 13.2. The normalized spacial score (nSPS) is 11.4. The van der Waals surface area contributed by atoms with Gasteiger partial charge in [0.2, 0.25) is 0 Å². The van der Waals surface area contributed by atoms with E-state index in [1.807, 2.05) is 0 Å². The van der Waals surface area contributed by atoms with Crippen molar-refractivity contribution in [3.8, 4) is 0 Å². The van der Waals surface area contributed by atoms with Crippen molar-refractivity contribution in [2.75, 3.05) is 6.54 Å². The van der Waals surface area contributed by atoms with Crippen LogP contribution in [0.3, 0.4) is 0 Å². The molecule has 0 radical (unpaired) electrons. The molecule has 0 fully saturated rings. The minimum Gasteiger partial charge on any atom is -0.467 e. The maximum atomic E-state index is 11.8. The SMILES string of the molecule is C[C@H](OC(=O)CNC(=O)c1ccccc1)C(=O)NCc1ccco1. The number of hydrogen-bond donors (Lipinski definition) is 2. The zero-order valence-electron chi connectivity index (χ0n) is 13.2. The van der Waals surface area contributed by atoms with Gasteiger partial charge < -0.3 is 19.8 Å². The second-order valence-corrected chi connectivity index (χ2v) is 4.98. The second kappa shape index (κ2) is 8.52. The summed E-state index contributed by atoms with van der Waals surface area (Å²) in [4.78, 5) is 35.3. The largest absolute Gasteiger partial charge is 0.467 e. The third kappa shape index (κ3) is 5.28. The lowest BCUT2D eigenvalue weighted by molar-refractivity contribution is -0.153. The van der Waals surface area contributed by atoms with Gasteiger partial charge in [0, 0.05) is 5.56 Å². The van der Waals surface area contributed by atoms with Gasteiger partial charge in [-0.25, -0.2) is 0 Å². The molecule has 1 atom stereocenters. The zero-order chi connectivity index (χ0) is 17.4. The van der Waals surface area contributed by atoms with Crippen molar-refractivity contribution >= 4 is 17.8 Å². The lowest BCUT2D eigenvalue weighted by Crippen LogP contribution is -2.38. The van der Waals surface area contributed by atoms with Crippen LogP contribution in [0.4, 0.5) is 0 Å². The van der Waals surface area contributed by atoms with E-state index in [-0.39, 0.29) is 19.0 Å². The average Bonchev–Trinajstić information content (AvgIpc) is 3.11. The first-order valence-electron chi connectivity index (χ1n) is 7.39. The smallest absolute Gasteiger partial charge is 0.326 e. The predicted molar refractivity (Wildman–Crippen MR) is 84.9 cm³/mol. The van der Waals surface area contributed by atoms with Crippen LogP contribution in [0.5, 0.6) is 0 Å². The van der Waals surface area contributed by atoms with Crippen molar-refractivity contribution in [1.29, 1.82) is 0 Å². The van der Waals surface area contributed by atoms with Crippen molar-refractivity contribution in [1.82, 2.24) is 10.6 Å². The number of furan rings is 1. The number of hydrogen-bond acceptors (Lipinski definition) is 5. The molecule has 0 saturated carbocycles. The molecule has 0 aliphatic rings. The number of ether oxygens (including phenoxy) is 1. The summed E-state index contributed by atoms with van der Waals surface area (Å²) < 4.78 is 10.1. The Balaban J connectivity index is 1.71. The Morgan fingerprint density at radius 1 is 1.08 bits per heavy atom. The van der Waals surface area contributed by atoms with Gasteiger partial charge in [-0.1, -0.05) is 18.2 Å². The maximum absolute atomic E-state index is 11.8. The van der Waals surface area contributed by atoms with E-state index >= 15 is 0 Å². The van der Waals surface area contributed by atoms with E-state index in [1.165, 1.54) is 13.2 Å². The fourth-order valence-electron chi connectivity index (χ4n) is 1.87. The van der Waals surface area contributed by atoms with Gasteiger partial charge in [0.15, 0.2) is 6.10 Å². The van der Waals surface area contributed by atoms with E-state index in [1.54, 1.807) is 42.5 Å². The molecular formula is C17H18N2O5. The van der Waals surface area contributed by atoms with E-state index in [2.05, 4.69) is 10.6 Å². The molecule has 0 bridgehead atoms. The molecule has 24 heavy (non-hydrogen) atoms. The lowest BCUT2D eigenvalue weighted by atomic mass is 10.2. The minimum absolute atomic E-state index is 0.207. The molecule has 2 aromatic rings. The molecule has 2 rings (SSSR count). The summed E-state index contributed by atoms with van der Waals surface area (Å²) in [5, 5.41) is 5.02. The number of amides is 2. The molecule has 0 saturated heterocycles. The Morgan fingerprint density at radius 2 is 1.83 bits per heavy atom. The Labute approximate surface area is 139 Å². The summed E-state index contributed by atoms with van der Waals surface area (Å²) in [6, 6.07) is 11.9. The summed E-state index contributed by atoms with van der Waals surface area (Å²) in [5.41, 5.74) is 0.439. The van der Waals surface area contributed by atoms with Gasteiger partial charge in [-0.3, -0.25) is 14.4 Å². The van der Waals surface area contributed by atoms with Gasteiger partial charge in [0.25, 0.3) is 11.8 Å². The van der Waals surface area contributed by atoms with Crippen molar-refractivity contribution < 1.29 is 23.5 Å². The summed E-state index contributed by atoms with van der Waals surface area (Å²) in [6.45, 7) is 1.34. The molecule has 0 unspecified atom stereocenters. The van der Waals surface area contributed by atoms with E-state index in [4.69, 9.17) is 9.15 Å². The Hall–Kier alpha value is -3.09. The van der Waals surface area contributed by atoms with Crippen molar-refractivity contribution in [3.05, 3.63) is 60.1 Å². The molecule has 126 valence electrons. The molecule has 7 nitrogen and oxygen atoms in total. The van der Waals surface area contributed by atoms with E-state index in [0.717, 1.165) is 0 Å². The number of esters is 1. The molecule has 1 aromatic heterocycles. The standard InChI is InChI=1S/C17H18N2O5/c1-12(16(21)18-10-14-8-5-9-23-14)24-15(20)11-19-17(22)13-6-3-2-4-7-13/h2-9,12H,10-11H2,1H3,(H,18,21)(H,19,22)/t12-/m0/s1. The summed E-state index contributed by atoms with van der Waals surface area (Å²) >= 11 is 0. The van der Waals surface area contributed by atoms with Gasteiger partial charge in [-0.2, -0.15) is 0 Å². The van der Waals surface area contributed by atoms with Crippen LogP contribution < -0.4 is 10.6 Å². The third-order valence-electron chi connectivity index (χ3n) is 3.12. The quantitative estimate of drug-likeness (QED) is 0.745. The van der Waals surface area contributed by atoms with Gasteiger partial charge in [0.05, 0.1) is 12.8 Å². The Bertz CT molecular complexity index is 682. The topological polar surface area (TPSA) is 97.6 Å². The highest BCUT2D eigenvalue weighted by atomic mass is 16.5. The molecule has 7 heteroatoms. The van der Waals surface area contributed by atoms with Crippen LogP contribution in [-0.4, -0.2) is 30.4 Å². The summed E-state index contributed by atoms with van der Waals surface area (Å²) in [6.07, 6.45) is 0.529. The molecule has 1 aromatic carbocycles. The summed E-state index contributed by atoms with van der Waals surface area (Å²) in [5.74, 6) is -0.937. The molecule has 2 N–H and O–H groups in total. The predicted octanol–water partition coefficient (Wildman–Crippen LogP) is 1.26. The highest BCUT2D eigenvalue weighted by Crippen LogP contribution is 2.00. The molecule has 0 aliphatic carbocycles. The van der Waals surface area contributed by atoms with Crippen molar-refractivity contribution in [3.63, 3.8) is 0 Å². The van der Waals surface area contributed by atoms with E-state index in [0.29, 0.717) is 11.3 Å². The highest BCUT2D eigenvalue weighted by molar-refractivity contribution is 5.96. The van der Waals surface area contributed by atoms with Crippen LogP contribution in [0, 0.1) is 0 Å². The number of carbonyl (C=O) groups excluding carboxylic acids is 3. The highest BCUT2D eigenvalue weighted by Gasteiger charge is 2.18. The van der Waals surface area contributed by atoms with E-state index in [9.17, 15) is 14.4 Å². The van der Waals surface area contributed by atoms with Crippen molar-refractivity contribution in [2.24, 2.45) is 0 Å². The first-order chi connectivity index (χ1) is 11.6. The molecular weight excluding hydrogens is 312 g/mol. The molecule has 0 aliphatic heterocycles. The van der Waals surface area contributed by atoms with Crippen LogP contribution >= 0.6 is 0 Å². The van der Waals surface area contributed by atoms with Gasteiger partial charge in [-0.05, 0) is 31.2 Å². The average molecular weight is 330 g/mol. The first-order valence-corrected chi connectivity index (χ1v) is 7.39. The van der Waals surface area contributed by atoms with Gasteiger partial charge in [0.1, 0.15) is 12.3 Å². The van der Waals surface area contributed by atoms with Crippen LogP contribution in [0.25, 0.3) is 0 Å². The maximum Gasteiger partial charge on any atom is 0.326 e. The fourth-order valence-corrected chi connectivity index (χ4v) is 1.87.